The van der Waals surface area contributed by atoms with E-state index in [2.05, 4.69) is 10.4 Å². The minimum atomic E-state index is -0.495. The van der Waals surface area contributed by atoms with Gasteiger partial charge < -0.3 is 10.1 Å². The van der Waals surface area contributed by atoms with Crippen LogP contribution in [-0.4, -0.2) is 34.8 Å². The van der Waals surface area contributed by atoms with Gasteiger partial charge in [0.1, 0.15) is 9.71 Å². The first kappa shape index (κ1) is 20.8. The molecule has 158 valence electrons. The van der Waals surface area contributed by atoms with Crippen molar-refractivity contribution in [1.29, 1.82) is 0 Å². The van der Waals surface area contributed by atoms with Crippen LogP contribution in [0.4, 0.5) is 0 Å². The molecule has 4 rings (SSSR count). The number of aromatic nitrogens is 2. The van der Waals surface area contributed by atoms with E-state index in [-0.39, 0.29) is 12.5 Å². The Morgan fingerprint density at radius 2 is 1.71 bits per heavy atom. The summed E-state index contributed by atoms with van der Waals surface area (Å²) in [6.45, 7) is 2.75. The predicted octanol–water partition coefficient (Wildman–Crippen LogP) is 3.97. The number of hydrogen-bond donors (Lipinski definition) is 1. The third kappa shape index (κ3) is 5.19. The van der Waals surface area contributed by atoms with Gasteiger partial charge in [-0.25, -0.2) is 4.79 Å². The van der Waals surface area contributed by atoms with Crippen LogP contribution in [0, 0.1) is 6.92 Å². The minimum absolute atomic E-state index is 0.295. The molecule has 6 nitrogen and oxygen atoms in total. The van der Waals surface area contributed by atoms with Gasteiger partial charge in [0.2, 0.25) is 0 Å². The lowest BCUT2D eigenvalue weighted by molar-refractivity contribution is -0.124. The molecule has 2 aromatic heterocycles. The Kier molecular flexibility index (Phi) is 6.43. The van der Waals surface area contributed by atoms with Crippen molar-refractivity contribution in [1.82, 2.24) is 15.1 Å². The first-order valence-electron chi connectivity index (χ1n) is 10.1. The average molecular weight is 434 g/mol. The van der Waals surface area contributed by atoms with Gasteiger partial charge in [-0.1, -0.05) is 60.7 Å². The van der Waals surface area contributed by atoms with E-state index in [0.29, 0.717) is 18.0 Å². The molecule has 7 heteroatoms. The molecule has 4 aromatic rings. The first-order chi connectivity index (χ1) is 15.1. The number of carbonyl (C=O) groups is 2. The number of amides is 1. The summed E-state index contributed by atoms with van der Waals surface area (Å²) in [6, 6.07) is 21.7. The predicted molar refractivity (Wildman–Crippen MR) is 121 cm³/mol. The highest BCUT2D eigenvalue weighted by molar-refractivity contribution is 7.20. The fourth-order valence-corrected chi connectivity index (χ4v) is 4.38. The maximum Gasteiger partial charge on any atom is 0.348 e. The van der Waals surface area contributed by atoms with Crippen LogP contribution in [0.25, 0.3) is 10.2 Å². The summed E-state index contributed by atoms with van der Waals surface area (Å²) in [5.74, 6) is -0.804. The molecule has 2 aromatic carbocycles. The van der Waals surface area contributed by atoms with Crippen LogP contribution in [0.1, 0.15) is 26.5 Å². The van der Waals surface area contributed by atoms with E-state index < -0.39 is 5.97 Å². The summed E-state index contributed by atoms with van der Waals surface area (Å²) in [4.78, 5) is 25.9. The molecule has 2 heterocycles. The highest BCUT2D eigenvalue weighted by Gasteiger charge is 2.18. The van der Waals surface area contributed by atoms with Gasteiger partial charge in [0, 0.05) is 11.9 Å². The highest BCUT2D eigenvalue weighted by atomic mass is 32.1. The Bertz CT molecular complexity index is 1180. The van der Waals surface area contributed by atoms with Crippen molar-refractivity contribution in [3.05, 3.63) is 88.4 Å². The summed E-state index contributed by atoms with van der Waals surface area (Å²) < 4.78 is 7.12. The quantitative estimate of drug-likeness (QED) is 0.427. The molecule has 1 N–H and O–H groups in total. The number of aryl methyl sites for hydroxylation is 1. The van der Waals surface area contributed by atoms with Crippen LogP contribution in [0.5, 0.6) is 0 Å². The number of hydrogen-bond acceptors (Lipinski definition) is 5. The van der Waals surface area contributed by atoms with Gasteiger partial charge in [-0.2, -0.15) is 5.10 Å². The molecule has 0 saturated heterocycles. The van der Waals surface area contributed by atoms with E-state index >= 15 is 0 Å². The number of esters is 1. The van der Waals surface area contributed by atoms with E-state index in [1.165, 1.54) is 11.3 Å². The van der Waals surface area contributed by atoms with Gasteiger partial charge in [0.25, 0.3) is 5.91 Å². The molecule has 31 heavy (non-hydrogen) atoms. The van der Waals surface area contributed by atoms with Gasteiger partial charge in [0.05, 0.1) is 12.2 Å². The Morgan fingerprint density at radius 1 is 1.03 bits per heavy atom. The molecule has 0 unspecified atom stereocenters. The van der Waals surface area contributed by atoms with E-state index in [1.807, 2.05) is 72.3 Å². The maximum absolute atomic E-state index is 12.5. The minimum Gasteiger partial charge on any atom is -0.451 e. The molecule has 0 spiro atoms. The van der Waals surface area contributed by atoms with Crippen LogP contribution in [0.3, 0.4) is 0 Å². The number of thiophene rings is 1. The maximum atomic E-state index is 12.5. The lowest BCUT2D eigenvalue weighted by Gasteiger charge is -2.06. The van der Waals surface area contributed by atoms with Crippen LogP contribution < -0.4 is 5.32 Å². The molecule has 0 radical (unpaired) electrons. The molecular weight excluding hydrogens is 410 g/mol. The van der Waals surface area contributed by atoms with E-state index in [0.717, 1.165) is 33.5 Å². The second kappa shape index (κ2) is 9.57. The van der Waals surface area contributed by atoms with Crippen molar-refractivity contribution in [2.75, 3.05) is 13.2 Å². The van der Waals surface area contributed by atoms with E-state index in [4.69, 9.17) is 4.74 Å². The van der Waals surface area contributed by atoms with Crippen molar-refractivity contribution >= 4 is 33.4 Å². The summed E-state index contributed by atoms with van der Waals surface area (Å²) in [7, 11) is 0. The second-order valence-electron chi connectivity index (χ2n) is 7.22. The fourth-order valence-electron chi connectivity index (χ4n) is 3.32. The molecule has 0 aliphatic carbocycles. The lowest BCUT2D eigenvalue weighted by atomic mass is 10.1. The fraction of sp³-hybridized carbons (Fsp3) is 0.208. The van der Waals surface area contributed by atoms with E-state index in [1.54, 1.807) is 6.07 Å². The monoisotopic (exact) mass is 433 g/mol. The molecule has 0 saturated carbocycles. The molecule has 0 bridgehead atoms. The number of benzene rings is 2. The van der Waals surface area contributed by atoms with Crippen LogP contribution >= 0.6 is 11.3 Å². The van der Waals surface area contributed by atoms with Gasteiger partial charge in [0.15, 0.2) is 6.61 Å². The van der Waals surface area contributed by atoms with Crippen LogP contribution in [-0.2, 0) is 22.5 Å². The van der Waals surface area contributed by atoms with Crippen molar-refractivity contribution in [2.24, 2.45) is 0 Å². The normalized spacial score (nSPS) is 10.9. The molecule has 0 aliphatic rings. The number of nitrogens with zero attached hydrogens (tertiary/aromatic N) is 2. The number of carbonyl (C=O) groups excluding carboxylic acids is 2. The first-order valence-corrected chi connectivity index (χ1v) is 10.9. The summed E-state index contributed by atoms with van der Waals surface area (Å²) >= 11 is 1.33. The van der Waals surface area contributed by atoms with Crippen LogP contribution in [0.15, 0.2) is 66.7 Å². The third-order valence-corrected chi connectivity index (χ3v) is 6.03. The molecule has 0 atom stereocenters. The number of nitrogens with one attached hydrogen (secondary N) is 1. The molecule has 0 aliphatic heterocycles. The zero-order valence-electron chi connectivity index (χ0n) is 17.2. The topological polar surface area (TPSA) is 73.2 Å². The van der Waals surface area contributed by atoms with Gasteiger partial charge in [-0.15, -0.1) is 11.3 Å². The number of rotatable bonds is 8. The smallest absolute Gasteiger partial charge is 0.348 e. The number of fused-ring (bicyclic) bond motifs is 1. The van der Waals surface area contributed by atoms with E-state index in [9.17, 15) is 9.59 Å². The van der Waals surface area contributed by atoms with Crippen molar-refractivity contribution in [2.45, 2.75) is 19.9 Å². The van der Waals surface area contributed by atoms with Gasteiger partial charge >= 0.3 is 5.97 Å². The Morgan fingerprint density at radius 3 is 2.42 bits per heavy atom. The summed E-state index contributed by atoms with van der Waals surface area (Å²) in [5.41, 5.74) is 3.14. The zero-order chi connectivity index (χ0) is 21.6. The summed E-state index contributed by atoms with van der Waals surface area (Å²) in [5, 5.41) is 8.30. The van der Waals surface area contributed by atoms with Crippen molar-refractivity contribution < 1.29 is 14.3 Å². The van der Waals surface area contributed by atoms with Crippen LogP contribution in [0.2, 0.25) is 0 Å². The lowest BCUT2D eigenvalue weighted by Crippen LogP contribution is -2.30. The third-order valence-electron chi connectivity index (χ3n) is 4.90. The standard InChI is InChI=1S/C24H23N3O3S/c1-17-20-14-21(31-23(20)27(26-17)15-19-10-6-3-7-11-19)24(29)30-16-22(28)25-13-12-18-8-4-2-5-9-18/h2-11,14H,12-13,15-16H2,1H3,(H,25,28). The Hall–Kier alpha value is -3.45. The van der Waals surface area contributed by atoms with Gasteiger partial charge in [-0.05, 0) is 30.5 Å². The van der Waals surface area contributed by atoms with Crippen molar-refractivity contribution in [3.8, 4) is 0 Å². The Labute approximate surface area is 184 Å². The number of ether oxygens (including phenoxy) is 1. The largest absolute Gasteiger partial charge is 0.451 e. The van der Waals surface area contributed by atoms with Gasteiger partial charge in [-0.3, -0.25) is 9.48 Å². The Balaban J connectivity index is 1.33. The SMILES string of the molecule is Cc1nn(Cc2ccccc2)c2sc(C(=O)OCC(=O)NCCc3ccccc3)cc12. The average Bonchev–Trinajstić information content (AvgIpc) is 3.35. The van der Waals surface area contributed by atoms with Crippen molar-refractivity contribution in [3.63, 3.8) is 0 Å². The second-order valence-corrected chi connectivity index (χ2v) is 8.25. The summed E-state index contributed by atoms with van der Waals surface area (Å²) in [6.07, 6.45) is 0.730. The molecule has 1 amide bonds. The zero-order valence-corrected chi connectivity index (χ0v) is 18.0. The molecule has 0 fully saturated rings. The highest BCUT2D eigenvalue weighted by Crippen LogP contribution is 2.29. The molecular formula is C24H23N3O3S.